The number of likely N-dealkylation sites (tertiary alicyclic amines) is 1. The Labute approximate surface area is 158 Å². The van der Waals surface area contributed by atoms with Crippen molar-refractivity contribution in [3.63, 3.8) is 0 Å². The van der Waals surface area contributed by atoms with Crippen molar-refractivity contribution in [1.82, 2.24) is 9.47 Å². The second-order valence-electron chi connectivity index (χ2n) is 7.75. The van der Waals surface area contributed by atoms with Crippen LogP contribution in [0.4, 0.5) is 5.69 Å². The molecule has 6 heteroatoms. The number of hydrogen-bond donors (Lipinski definition) is 1. The van der Waals surface area contributed by atoms with Gasteiger partial charge in [0, 0.05) is 62.0 Å². The van der Waals surface area contributed by atoms with Gasteiger partial charge < -0.3 is 19.5 Å². The molecule has 3 heterocycles. The zero-order valence-corrected chi connectivity index (χ0v) is 15.7. The number of piperidine rings is 1. The van der Waals surface area contributed by atoms with Crippen molar-refractivity contribution < 1.29 is 9.90 Å². The third kappa shape index (κ3) is 3.04. The molecule has 1 N–H and O–H groups in total. The van der Waals surface area contributed by atoms with Gasteiger partial charge in [-0.25, -0.2) is 0 Å². The molecular formula is C21H25N3O3. The highest BCUT2D eigenvalue weighted by atomic mass is 16.3. The molecule has 0 saturated carbocycles. The lowest BCUT2D eigenvalue weighted by Gasteiger charge is -2.46. The minimum Gasteiger partial charge on any atom is -0.394 e. The zero-order valence-electron chi connectivity index (χ0n) is 15.7. The number of rotatable bonds is 3. The molecule has 2 bridgehead atoms. The second kappa shape index (κ2) is 6.85. The van der Waals surface area contributed by atoms with E-state index in [1.54, 1.807) is 16.7 Å². The third-order valence-electron chi connectivity index (χ3n) is 5.90. The monoisotopic (exact) mass is 367 g/mol. The normalized spacial score (nSPS) is 23.7. The first-order chi connectivity index (χ1) is 13.0. The van der Waals surface area contributed by atoms with Crippen LogP contribution in [0.15, 0.2) is 47.3 Å². The number of aliphatic hydroxyl groups excluding tert-OH is 1. The molecule has 0 radical (unpaired) electrons. The van der Waals surface area contributed by atoms with Crippen LogP contribution >= 0.6 is 0 Å². The fraction of sp³-hybridized carbons (Fsp3) is 0.429. The van der Waals surface area contributed by atoms with Crippen LogP contribution in [0.1, 0.15) is 34.4 Å². The van der Waals surface area contributed by atoms with E-state index in [0.29, 0.717) is 18.7 Å². The first kappa shape index (κ1) is 17.8. The Bertz CT molecular complexity index is 904. The summed E-state index contributed by atoms with van der Waals surface area (Å²) in [4.78, 5) is 29.3. The van der Waals surface area contributed by atoms with Crippen LogP contribution < -0.4 is 10.5 Å². The molecule has 0 spiro atoms. The van der Waals surface area contributed by atoms with Gasteiger partial charge >= 0.3 is 0 Å². The summed E-state index contributed by atoms with van der Waals surface area (Å²) >= 11 is 0. The molecule has 1 aromatic heterocycles. The molecular weight excluding hydrogens is 342 g/mol. The SMILES string of the molecule is CN(C)c1ccc(C(=O)N2C[C@H]3C[C@@H](C2)[C@H](CO)n2c3cccc2=O)cc1. The smallest absolute Gasteiger partial charge is 0.253 e. The molecule has 1 aromatic carbocycles. The number of hydrogen-bond acceptors (Lipinski definition) is 4. The van der Waals surface area contributed by atoms with Gasteiger partial charge in [0.2, 0.25) is 0 Å². The number of pyridine rings is 1. The minimum absolute atomic E-state index is 0.0124. The van der Waals surface area contributed by atoms with E-state index < -0.39 is 0 Å². The summed E-state index contributed by atoms with van der Waals surface area (Å²) < 4.78 is 1.74. The third-order valence-corrected chi connectivity index (χ3v) is 5.90. The lowest BCUT2D eigenvalue weighted by molar-refractivity contribution is 0.0437. The van der Waals surface area contributed by atoms with E-state index in [0.717, 1.165) is 17.8 Å². The fourth-order valence-corrected chi connectivity index (χ4v) is 4.53. The number of fused-ring (bicyclic) bond motifs is 4. The lowest BCUT2D eigenvalue weighted by Crippen LogP contribution is -2.51. The van der Waals surface area contributed by atoms with Crippen molar-refractivity contribution in [3.8, 4) is 0 Å². The first-order valence-corrected chi connectivity index (χ1v) is 9.38. The largest absolute Gasteiger partial charge is 0.394 e. The molecule has 1 amide bonds. The average molecular weight is 367 g/mol. The molecule has 27 heavy (non-hydrogen) atoms. The summed E-state index contributed by atoms with van der Waals surface area (Å²) in [6.45, 7) is 1.08. The molecule has 0 aliphatic carbocycles. The number of aromatic nitrogens is 1. The van der Waals surface area contributed by atoms with E-state index >= 15 is 0 Å². The number of carbonyl (C=O) groups excluding carboxylic acids is 1. The van der Waals surface area contributed by atoms with Gasteiger partial charge in [-0.1, -0.05) is 6.07 Å². The quantitative estimate of drug-likeness (QED) is 0.897. The number of aliphatic hydroxyl groups is 1. The summed E-state index contributed by atoms with van der Waals surface area (Å²) in [5.41, 5.74) is 2.58. The average Bonchev–Trinajstić information content (AvgIpc) is 2.68. The van der Waals surface area contributed by atoms with Crippen molar-refractivity contribution in [1.29, 1.82) is 0 Å². The van der Waals surface area contributed by atoms with Crippen LogP contribution in [0.5, 0.6) is 0 Å². The topological polar surface area (TPSA) is 65.8 Å². The summed E-state index contributed by atoms with van der Waals surface area (Å²) in [6, 6.07) is 12.6. The predicted molar refractivity (Wildman–Crippen MR) is 104 cm³/mol. The van der Waals surface area contributed by atoms with E-state index in [4.69, 9.17) is 0 Å². The van der Waals surface area contributed by atoms with Gasteiger partial charge in [-0.3, -0.25) is 9.59 Å². The van der Waals surface area contributed by atoms with Crippen molar-refractivity contribution in [2.75, 3.05) is 38.7 Å². The highest BCUT2D eigenvalue weighted by Crippen LogP contribution is 2.41. The van der Waals surface area contributed by atoms with Crippen LogP contribution in [-0.2, 0) is 0 Å². The molecule has 6 nitrogen and oxygen atoms in total. The Hall–Kier alpha value is -2.60. The summed E-state index contributed by atoms with van der Waals surface area (Å²) in [5.74, 6) is 0.232. The Morgan fingerprint density at radius 3 is 2.56 bits per heavy atom. The molecule has 2 aliphatic heterocycles. The second-order valence-corrected chi connectivity index (χ2v) is 7.75. The maximum atomic E-state index is 13.1. The number of anilines is 1. The van der Waals surface area contributed by atoms with E-state index in [9.17, 15) is 14.7 Å². The Morgan fingerprint density at radius 2 is 1.89 bits per heavy atom. The first-order valence-electron chi connectivity index (χ1n) is 9.38. The van der Waals surface area contributed by atoms with Crippen LogP contribution in [0, 0.1) is 5.92 Å². The zero-order chi connectivity index (χ0) is 19.1. The Balaban J connectivity index is 1.63. The van der Waals surface area contributed by atoms with E-state index in [1.165, 1.54) is 0 Å². The van der Waals surface area contributed by atoms with Crippen LogP contribution in [0.3, 0.4) is 0 Å². The van der Waals surface area contributed by atoms with Crippen molar-refractivity contribution in [3.05, 3.63) is 64.1 Å². The van der Waals surface area contributed by atoms with Crippen molar-refractivity contribution >= 4 is 11.6 Å². The van der Waals surface area contributed by atoms with Crippen LogP contribution in [0.2, 0.25) is 0 Å². The molecule has 2 aromatic rings. The molecule has 0 unspecified atom stereocenters. The van der Waals surface area contributed by atoms with E-state index in [-0.39, 0.29) is 36.0 Å². The highest BCUT2D eigenvalue weighted by Gasteiger charge is 2.41. The summed E-state index contributed by atoms with van der Waals surface area (Å²) in [6.07, 6.45) is 0.901. The lowest BCUT2D eigenvalue weighted by atomic mass is 9.78. The van der Waals surface area contributed by atoms with Crippen molar-refractivity contribution in [2.45, 2.75) is 18.4 Å². The van der Waals surface area contributed by atoms with Gasteiger partial charge in [0.05, 0.1) is 12.6 Å². The molecule has 1 fully saturated rings. The Morgan fingerprint density at radius 1 is 1.15 bits per heavy atom. The van der Waals surface area contributed by atoms with E-state index in [2.05, 4.69) is 0 Å². The van der Waals surface area contributed by atoms with Gasteiger partial charge in [0.15, 0.2) is 0 Å². The van der Waals surface area contributed by atoms with Gasteiger partial charge in [-0.15, -0.1) is 0 Å². The maximum absolute atomic E-state index is 13.1. The predicted octanol–water partition coefficient (Wildman–Crippen LogP) is 1.71. The standard InChI is InChI=1S/C21H25N3O3/c1-22(2)17-8-6-14(7-9-17)21(27)23-11-15-10-16(12-23)19(13-25)24-18(15)4-3-5-20(24)26/h3-9,15-16,19,25H,10-13H2,1-2H3/t15-,16+,19+/m1/s1. The van der Waals surface area contributed by atoms with Gasteiger partial charge in [0.25, 0.3) is 11.5 Å². The fourth-order valence-electron chi connectivity index (χ4n) is 4.53. The van der Waals surface area contributed by atoms with Gasteiger partial charge in [-0.2, -0.15) is 0 Å². The summed E-state index contributed by atoms with van der Waals surface area (Å²) in [5, 5.41) is 9.93. The minimum atomic E-state index is -0.267. The molecule has 142 valence electrons. The maximum Gasteiger partial charge on any atom is 0.253 e. The van der Waals surface area contributed by atoms with Crippen LogP contribution in [0.25, 0.3) is 0 Å². The number of benzene rings is 1. The number of nitrogens with zero attached hydrogens (tertiary/aromatic N) is 3. The van der Waals surface area contributed by atoms with Crippen LogP contribution in [-0.4, -0.2) is 54.3 Å². The van der Waals surface area contributed by atoms with Crippen molar-refractivity contribution in [2.24, 2.45) is 5.92 Å². The Kier molecular flexibility index (Phi) is 4.52. The number of carbonyl (C=O) groups is 1. The molecule has 3 atom stereocenters. The summed E-state index contributed by atoms with van der Waals surface area (Å²) in [7, 11) is 3.94. The van der Waals surface area contributed by atoms with Gasteiger partial charge in [-0.05, 0) is 36.8 Å². The van der Waals surface area contributed by atoms with E-state index in [1.807, 2.05) is 54.2 Å². The number of amides is 1. The molecule has 4 rings (SSSR count). The van der Waals surface area contributed by atoms with Gasteiger partial charge in [0.1, 0.15) is 0 Å². The molecule has 2 aliphatic rings. The molecule has 1 saturated heterocycles. The highest BCUT2D eigenvalue weighted by molar-refractivity contribution is 5.94.